The third-order valence-corrected chi connectivity index (χ3v) is 3.18. The van der Waals surface area contributed by atoms with Crippen molar-refractivity contribution < 1.29 is 0 Å². The van der Waals surface area contributed by atoms with Crippen LogP contribution >= 0.6 is 11.3 Å². The number of rotatable bonds is 2. The van der Waals surface area contributed by atoms with Crippen molar-refractivity contribution in [2.45, 2.75) is 6.92 Å². The quantitative estimate of drug-likeness (QED) is 0.751. The molecule has 0 aliphatic heterocycles. The van der Waals surface area contributed by atoms with E-state index in [4.69, 9.17) is 0 Å². The normalized spacial score (nSPS) is 10.6. The third kappa shape index (κ3) is 1.97. The Morgan fingerprint density at radius 2 is 2.24 bits per heavy atom. The Balaban J connectivity index is 2.01. The monoisotopic (exact) mass is 242 g/mol. The summed E-state index contributed by atoms with van der Waals surface area (Å²) in [4.78, 5) is 7.62. The van der Waals surface area contributed by atoms with Crippen molar-refractivity contribution in [1.82, 2.24) is 20.2 Å². The van der Waals surface area contributed by atoms with E-state index in [2.05, 4.69) is 39.2 Å². The molecule has 2 aromatic heterocycles. The van der Waals surface area contributed by atoms with Gasteiger partial charge in [-0.3, -0.25) is 0 Å². The first kappa shape index (κ1) is 10.2. The Morgan fingerprint density at radius 1 is 1.29 bits per heavy atom. The number of hydrogen-bond acceptors (Lipinski definition) is 4. The van der Waals surface area contributed by atoms with Crippen LogP contribution in [0.4, 0.5) is 0 Å². The summed E-state index contributed by atoms with van der Waals surface area (Å²) >= 11 is 1.49. The molecular formula is C12H10N4S. The minimum Gasteiger partial charge on any atom is -0.336 e. The van der Waals surface area contributed by atoms with E-state index in [1.165, 1.54) is 16.9 Å². The number of aromatic amines is 1. The van der Waals surface area contributed by atoms with Crippen molar-refractivity contribution in [3.8, 4) is 22.1 Å². The lowest BCUT2D eigenvalue weighted by Crippen LogP contribution is -1.82. The standard InChI is InChI=1S/C12H10N4S/c1-8-3-2-4-9(5-8)11-13-6-10(15-11)12-16-14-7-17-12/h2-7H,1H3,(H,13,15). The average Bonchev–Trinajstić information content (AvgIpc) is 3.00. The largest absolute Gasteiger partial charge is 0.336 e. The SMILES string of the molecule is Cc1cccc(-c2ncc(-c3nncs3)[nH]2)c1. The molecule has 0 spiro atoms. The van der Waals surface area contributed by atoms with Gasteiger partial charge in [0.25, 0.3) is 0 Å². The van der Waals surface area contributed by atoms with Gasteiger partial charge < -0.3 is 4.98 Å². The van der Waals surface area contributed by atoms with E-state index in [1.807, 2.05) is 12.1 Å². The van der Waals surface area contributed by atoms with E-state index in [9.17, 15) is 0 Å². The topological polar surface area (TPSA) is 54.5 Å². The minimum absolute atomic E-state index is 0.858. The molecule has 3 rings (SSSR count). The number of H-pyrrole nitrogens is 1. The predicted molar refractivity (Wildman–Crippen MR) is 67.7 cm³/mol. The highest BCUT2D eigenvalue weighted by Gasteiger charge is 2.07. The molecule has 0 atom stereocenters. The molecule has 0 aliphatic rings. The lowest BCUT2D eigenvalue weighted by atomic mass is 10.1. The van der Waals surface area contributed by atoms with Gasteiger partial charge in [0.1, 0.15) is 11.3 Å². The van der Waals surface area contributed by atoms with Crippen LogP contribution in [0.5, 0.6) is 0 Å². The van der Waals surface area contributed by atoms with Crippen LogP contribution in [0, 0.1) is 6.92 Å². The second kappa shape index (κ2) is 4.10. The summed E-state index contributed by atoms with van der Waals surface area (Å²) in [5, 5.41) is 8.68. The Bertz CT molecular complexity index is 628. The lowest BCUT2D eigenvalue weighted by molar-refractivity contribution is 1.09. The highest BCUT2D eigenvalue weighted by Crippen LogP contribution is 2.23. The first-order chi connectivity index (χ1) is 8.33. The first-order valence-corrected chi connectivity index (χ1v) is 6.09. The fourth-order valence-corrected chi connectivity index (χ4v) is 2.18. The molecule has 0 radical (unpaired) electrons. The zero-order valence-corrected chi connectivity index (χ0v) is 10.0. The van der Waals surface area contributed by atoms with Crippen LogP contribution in [-0.4, -0.2) is 20.2 Å². The molecule has 0 saturated carbocycles. The molecule has 3 aromatic rings. The van der Waals surface area contributed by atoms with Gasteiger partial charge in [0, 0.05) is 5.56 Å². The number of aryl methyl sites for hydroxylation is 1. The summed E-state index contributed by atoms with van der Waals surface area (Å²) in [6.45, 7) is 2.07. The van der Waals surface area contributed by atoms with Crippen LogP contribution in [0.1, 0.15) is 5.56 Å². The third-order valence-electron chi connectivity index (χ3n) is 2.46. The molecule has 0 saturated heterocycles. The highest BCUT2D eigenvalue weighted by molar-refractivity contribution is 7.12. The molecule has 0 fully saturated rings. The van der Waals surface area contributed by atoms with Gasteiger partial charge in [-0.1, -0.05) is 35.1 Å². The molecule has 2 heterocycles. The van der Waals surface area contributed by atoms with Crippen LogP contribution in [-0.2, 0) is 0 Å². The summed E-state index contributed by atoms with van der Waals surface area (Å²) in [5.74, 6) is 0.860. The van der Waals surface area contributed by atoms with Gasteiger partial charge in [-0.2, -0.15) is 0 Å². The van der Waals surface area contributed by atoms with Crippen LogP contribution in [0.2, 0.25) is 0 Å². The summed E-state index contributed by atoms with van der Waals surface area (Å²) < 4.78 is 0. The number of imidazole rings is 1. The van der Waals surface area contributed by atoms with Gasteiger partial charge in [-0.05, 0) is 13.0 Å². The second-order valence-electron chi connectivity index (χ2n) is 3.76. The van der Waals surface area contributed by atoms with Gasteiger partial charge in [0.2, 0.25) is 0 Å². The number of hydrogen-bond donors (Lipinski definition) is 1. The zero-order valence-electron chi connectivity index (χ0n) is 9.21. The fraction of sp³-hybridized carbons (Fsp3) is 0.0833. The first-order valence-electron chi connectivity index (χ1n) is 5.21. The Kier molecular flexibility index (Phi) is 2.45. The van der Waals surface area contributed by atoms with Crippen molar-refractivity contribution in [2.75, 3.05) is 0 Å². The average molecular weight is 242 g/mol. The van der Waals surface area contributed by atoms with Crippen molar-refractivity contribution in [3.05, 3.63) is 41.5 Å². The summed E-state index contributed by atoms with van der Waals surface area (Å²) in [6, 6.07) is 8.23. The number of aromatic nitrogens is 4. The van der Waals surface area contributed by atoms with Gasteiger partial charge in [-0.15, -0.1) is 10.2 Å². The highest BCUT2D eigenvalue weighted by atomic mass is 32.1. The van der Waals surface area contributed by atoms with Crippen LogP contribution in [0.25, 0.3) is 22.1 Å². The molecule has 17 heavy (non-hydrogen) atoms. The molecule has 0 amide bonds. The molecule has 84 valence electrons. The maximum atomic E-state index is 4.37. The lowest BCUT2D eigenvalue weighted by Gasteiger charge is -1.97. The van der Waals surface area contributed by atoms with Crippen LogP contribution in [0.15, 0.2) is 36.0 Å². The maximum absolute atomic E-state index is 4.37. The van der Waals surface area contributed by atoms with E-state index in [1.54, 1.807) is 11.7 Å². The van der Waals surface area contributed by atoms with Gasteiger partial charge in [-0.25, -0.2) is 4.98 Å². The van der Waals surface area contributed by atoms with E-state index >= 15 is 0 Å². The van der Waals surface area contributed by atoms with E-state index in [-0.39, 0.29) is 0 Å². The molecule has 0 bridgehead atoms. The predicted octanol–water partition coefficient (Wildman–Crippen LogP) is 2.90. The maximum Gasteiger partial charge on any atom is 0.165 e. The van der Waals surface area contributed by atoms with E-state index in [0.29, 0.717) is 0 Å². The minimum atomic E-state index is 0.858. The van der Waals surface area contributed by atoms with Crippen LogP contribution < -0.4 is 0 Å². The number of nitrogens with zero attached hydrogens (tertiary/aromatic N) is 3. The molecule has 0 unspecified atom stereocenters. The summed E-state index contributed by atoms with van der Waals surface area (Å²) in [5.41, 5.74) is 4.92. The van der Waals surface area contributed by atoms with Crippen molar-refractivity contribution in [2.24, 2.45) is 0 Å². The molecule has 5 heteroatoms. The molecule has 4 nitrogen and oxygen atoms in total. The summed E-state index contributed by atoms with van der Waals surface area (Å²) in [6.07, 6.45) is 1.79. The second-order valence-corrected chi connectivity index (χ2v) is 4.59. The van der Waals surface area contributed by atoms with Crippen molar-refractivity contribution in [3.63, 3.8) is 0 Å². The van der Waals surface area contributed by atoms with Crippen LogP contribution in [0.3, 0.4) is 0 Å². The fourth-order valence-electron chi connectivity index (χ4n) is 1.66. The van der Waals surface area contributed by atoms with Gasteiger partial charge in [0.15, 0.2) is 5.01 Å². The Labute approximate surface area is 102 Å². The zero-order chi connectivity index (χ0) is 11.7. The Morgan fingerprint density at radius 3 is 3.00 bits per heavy atom. The summed E-state index contributed by atoms with van der Waals surface area (Å²) in [7, 11) is 0. The molecule has 1 N–H and O–H groups in total. The molecule has 1 aromatic carbocycles. The molecular weight excluding hydrogens is 232 g/mol. The number of nitrogens with one attached hydrogen (secondary N) is 1. The Hall–Kier alpha value is -2.01. The van der Waals surface area contributed by atoms with Gasteiger partial charge in [0.05, 0.1) is 11.9 Å². The smallest absolute Gasteiger partial charge is 0.165 e. The van der Waals surface area contributed by atoms with Crippen molar-refractivity contribution in [1.29, 1.82) is 0 Å². The molecule has 0 aliphatic carbocycles. The van der Waals surface area contributed by atoms with E-state index < -0.39 is 0 Å². The van der Waals surface area contributed by atoms with E-state index in [0.717, 1.165) is 22.1 Å². The van der Waals surface area contributed by atoms with Gasteiger partial charge >= 0.3 is 0 Å². The number of benzene rings is 1. The van der Waals surface area contributed by atoms with Crippen molar-refractivity contribution >= 4 is 11.3 Å².